The topological polar surface area (TPSA) is 149 Å². The highest BCUT2D eigenvalue weighted by atomic mass is 16.6. The molecule has 2 bridgehead atoms. The minimum absolute atomic E-state index is 0.0683. The maximum absolute atomic E-state index is 14.8. The third-order valence-corrected chi connectivity index (χ3v) is 10.5. The Kier molecular flexibility index (Phi) is 7.27. The van der Waals surface area contributed by atoms with Crippen LogP contribution < -0.4 is 0 Å². The predicted molar refractivity (Wildman–Crippen MR) is 145 cm³/mol. The van der Waals surface area contributed by atoms with Crippen molar-refractivity contribution in [3.63, 3.8) is 0 Å². The Morgan fingerprint density at radius 2 is 1.80 bits per heavy atom. The summed E-state index contributed by atoms with van der Waals surface area (Å²) in [4.78, 5) is 41.2. The van der Waals surface area contributed by atoms with Gasteiger partial charge in [0.1, 0.15) is 17.8 Å². The first kappa shape index (κ1) is 29.8. The van der Waals surface area contributed by atoms with Gasteiger partial charge < -0.3 is 34.3 Å². The van der Waals surface area contributed by atoms with Crippen molar-refractivity contribution in [1.29, 1.82) is 0 Å². The molecule has 0 radical (unpaired) electrons. The van der Waals surface area contributed by atoms with Gasteiger partial charge >= 0.3 is 11.9 Å². The fourth-order valence-electron chi connectivity index (χ4n) is 8.37. The van der Waals surface area contributed by atoms with Crippen molar-refractivity contribution >= 4 is 17.7 Å². The molecule has 2 saturated carbocycles. The van der Waals surface area contributed by atoms with E-state index < -0.39 is 82.6 Å². The summed E-state index contributed by atoms with van der Waals surface area (Å²) in [5, 5.41) is 34.9. The molecule has 1 aromatic rings. The zero-order valence-corrected chi connectivity index (χ0v) is 24.4. The van der Waals surface area contributed by atoms with Crippen LogP contribution in [0.15, 0.2) is 41.5 Å². The summed E-state index contributed by atoms with van der Waals surface area (Å²) < 4.78 is 24.1. The van der Waals surface area contributed by atoms with Crippen LogP contribution in [0.4, 0.5) is 0 Å². The second kappa shape index (κ2) is 9.98. The van der Waals surface area contributed by atoms with E-state index in [1.165, 1.54) is 14.0 Å². The standard InChI is InChI=1S/C31H40O10/c1-16-20(34)13-31(37)26(40-27(36)18-10-8-7-9-11-18)24-29(5,25(35)19(14-32)23(16)28(31,3)4)21(38-6)12-22-30(24,15-39-22)41-17(2)33/h7-11,16,20-22,24,26,32,34,37H,12-15H2,1-6H3/b23-19-/t16?,20-,21-,22+,24?,26-,29+,30-,31+/m0/s1. The quantitative estimate of drug-likeness (QED) is 0.447. The van der Waals surface area contributed by atoms with E-state index in [0.29, 0.717) is 5.57 Å². The van der Waals surface area contributed by atoms with Crippen molar-refractivity contribution in [3.8, 4) is 0 Å². The van der Waals surface area contributed by atoms with Crippen LogP contribution in [0.25, 0.3) is 0 Å². The maximum atomic E-state index is 14.8. The molecule has 10 heteroatoms. The summed E-state index contributed by atoms with van der Waals surface area (Å²) in [5.74, 6) is -3.59. The van der Waals surface area contributed by atoms with E-state index in [0.717, 1.165) is 0 Å². The number of ketones is 1. The van der Waals surface area contributed by atoms with Gasteiger partial charge in [-0.15, -0.1) is 0 Å². The zero-order valence-electron chi connectivity index (χ0n) is 24.4. The number of carbonyl (C=O) groups is 3. The molecule has 5 rings (SSSR count). The van der Waals surface area contributed by atoms with E-state index in [2.05, 4.69) is 0 Å². The molecular weight excluding hydrogens is 532 g/mol. The highest BCUT2D eigenvalue weighted by Crippen LogP contribution is 2.64. The lowest BCUT2D eigenvalue weighted by Crippen LogP contribution is -2.81. The summed E-state index contributed by atoms with van der Waals surface area (Å²) in [6.45, 7) is 7.38. The first-order valence-corrected chi connectivity index (χ1v) is 14.1. The Labute approximate surface area is 239 Å². The summed E-state index contributed by atoms with van der Waals surface area (Å²) in [5.41, 5.74) is -5.53. The molecule has 10 nitrogen and oxygen atoms in total. The van der Waals surface area contributed by atoms with Gasteiger partial charge in [0.25, 0.3) is 0 Å². The highest BCUT2D eigenvalue weighted by Gasteiger charge is 2.77. The average Bonchev–Trinajstić information content (AvgIpc) is 2.91. The molecule has 224 valence electrons. The van der Waals surface area contributed by atoms with Gasteiger partial charge in [-0.1, -0.05) is 39.0 Å². The van der Waals surface area contributed by atoms with Gasteiger partial charge in [-0.25, -0.2) is 4.79 Å². The number of benzene rings is 1. The van der Waals surface area contributed by atoms with Crippen LogP contribution >= 0.6 is 0 Å². The summed E-state index contributed by atoms with van der Waals surface area (Å²) >= 11 is 0. The van der Waals surface area contributed by atoms with Crippen LogP contribution in [-0.2, 0) is 28.5 Å². The van der Waals surface area contributed by atoms with Crippen molar-refractivity contribution in [2.45, 2.75) is 83.1 Å². The molecule has 41 heavy (non-hydrogen) atoms. The van der Waals surface area contributed by atoms with Gasteiger partial charge in [0.05, 0.1) is 42.3 Å². The fraction of sp³-hybridized carbons (Fsp3) is 0.645. The number of ether oxygens (including phenoxy) is 4. The second-order valence-electron chi connectivity index (χ2n) is 12.7. The third kappa shape index (κ3) is 3.98. The number of methoxy groups -OCH3 is 1. The van der Waals surface area contributed by atoms with E-state index in [1.807, 2.05) is 0 Å². The number of fused-ring (bicyclic) bond motifs is 5. The lowest BCUT2D eigenvalue weighted by Gasteiger charge is -2.67. The number of Topliss-reactive ketones (excluding diaryl/α,β-unsaturated/α-hetero) is 1. The van der Waals surface area contributed by atoms with Crippen molar-refractivity contribution in [2.75, 3.05) is 20.3 Å². The maximum Gasteiger partial charge on any atom is 0.338 e. The van der Waals surface area contributed by atoms with Crippen molar-refractivity contribution in [1.82, 2.24) is 0 Å². The molecule has 2 unspecified atom stereocenters. The number of esters is 2. The Hall–Kier alpha value is -2.63. The van der Waals surface area contributed by atoms with Crippen molar-refractivity contribution in [3.05, 3.63) is 47.0 Å². The molecule has 3 N–H and O–H groups in total. The summed E-state index contributed by atoms with van der Waals surface area (Å²) in [7, 11) is 1.46. The number of hydrogen-bond acceptors (Lipinski definition) is 10. The normalized spacial score (nSPS) is 43.0. The Bertz CT molecular complexity index is 1270. The molecule has 1 aromatic carbocycles. The lowest BCUT2D eigenvalue weighted by atomic mass is 9.44. The van der Waals surface area contributed by atoms with E-state index in [9.17, 15) is 29.7 Å². The Morgan fingerprint density at radius 3 is 2.34 bits per heavy atom. The molecule has 1 saturated heterocycles. The highest BCUT2D eigenvalue weighted by molar-refractivity contribution is 6.02. The minimum Gasteiger partial charge on any atom is -0.455 e. The first-order valence-electron chi connectivity index (χ1n) is 14.1. The Morgan fingerprint density at radius 1 is 1.15 bits per heavy atom. The number of aliphatic hydroxyl groups is 3. The molecule has 4 aliphatic rings. The van der Waals surface area contributed by atoms with E-state index in [-0.39, 0.29) is 30.6 Å². The number of hydrogen-bond donors (Lipinski definition) is 3. The van der Waals surface area contributed by atoms with Crippen molar-refractivity contribution < 1.29 is 48.7 Å². The van der Waals surface area contributed by atoms with Gasteiger partial charge in [-0.05, 0) is 24.6 Å². The predicted octanol–water partition coefficient (Wildman–Crippen LogP) is 1.98. The molecule has 1 aliphatic heterocycles. The molecule has 3 aliphatic carbocycles. The average molecular weight is 573 g/mol. The van der Waals surface area contributed by atoms with Gasteiger partial charge in [0, 0.05) is 43.8 Å². The SMILES string of the molecule is CO[C@H]1C[C@H]2OC[C@@]2(OC(C)=O)C2[C@H](OC(=O)c3ccccc3)[C@]3(O)C[C@H](O)C(C)/C(=C(\CO)C(=O)[C@@]21C)C3(C)C. The lowest BCUT2D eigenvalue weighted by molar-refractivity contribution is -0.346. The molecule has 3 fully saturated rings. The first-order chi connectivity index (χ1) is 19.2. The molecule has 9 atom stereocenters. The van der Waals surface area contributed by atoms with Crippen LogP contribution in [0.2, 0.25) is 0 Å². The fourth-order valence-corrected chi connectivity index (χ4v) is 8.37. The van der Waals surface area contributed by atoms with E-state index >= 15 is 0 Å². The smallest absolute Gasteiger partial charge is 0.338 e. The number of aliphatic hydroxyl groups excluding tert-OH is 2. The number of carbonyl (C=O) groups excluding carboxylic acids is 3. The van der Waals surface area contributed by atoms with Crippen LogP contribution in [0.5, 0.6) is 0 Å². The Balaban J connectivity index is 1.86. The molecule has 0 amide bonds. The summed E-state index contributed by atoms with van der Waals surface area (Å²) in [6, 6.07) is 8.27. The van der Waals surface area contributed by atoms with E-state index in [4.69, 9.17) is 18.9 Å². The van der Waals surface area contributed by atoms with E-state index in [1.54, 1.807) is 58.0 Å². The van der Waals surface area contributed by atoms with Gasteiger partial charge in [-0.2, -0.15) is 0 Å². The second-order valence-corrected chi connectivity index (χ2v) is 12.7. The number of rotatable bonds is 5. The van der Waals surface area contributed by atoms with Gasteiger partial charge in [0.2, 0.25) is 0 Å². The monoisotopic (exact) mass is 572 g/mol. The zero-order chi connectivity index (χ0) is 30.1. The van der Waals surface area contributed by atoms with Crippen LogP contribution in [-0.4, -0.2) is 89.0 Å². The van der Waals surface area contributed by atoms with Crippen LogP contribution in [0.1, 0.15) is 57.8 Å². The summed E-state index contributed by atoms with van der Waals surface area (Å²) in [6.07, 6.45) is -4.11. The van der Waals surface area contributed by atoms with Gasteiger partial charge in [-0.3, -0.25) is 9.59 Å². The third-order valence-electron chi connectivity index (χ3n) is 10.5. The molecular formula is C31H40O10. The van der Waals surface area contributed by atoms with Gasteiger partial charge in [0.15, 0.2) is 11.4 Å². The molecule has 0 spiro atoms. The van der Waals surface area contributed by atoms with Crippen LogP contribution in [0.3, 0.4) is 0 Å². The minimum atomic E-state index is -1.96. The molecule has 1 heterocycles. The largest absolute Gasteiger partial charge is 0.455 e. The van der Waals surface area contributed by atoms with Crippen LogP contribution in [0, 0.1) is 22.7 Å². The molecule has 0 aromatic heterocycles. The van der Waals surface area contributed by atoms with Crippen molar-refractivity contribution in [2.24, 2.45) is 22.7 Å².